The quantitative estimate of drug-likeness (QED) is 0.534. The van der Waals surface area contributed by atoms with Crippen LogP contribution < -0.4 is 10.6 Å². The molecule has 0 bridgehead atoms. The Bertz CT molecular complexity index is 987. The molecule has 1 fully saturated rings. The van der Waals surface area contributed by atoms with E-state index < -0.39 is 24.1 Å². The molecule has 7 nitrogen and oxygen atoms in total. The Morgan fingerprint density at radius 2 is 1.61 bits per heavy atom. The predicted octanol–water partition coefficient (Wildman–Crippen LogP) is 4.06. The van der Waals surface area contributed by atoms with Gasteiger partial charge in [-0.05, 0) is 47.4 Å². The Morgan fingerprint density at radius 1 is 1.00 bits per heavy atom. The number of aliphatic carboxylic acids is 1. The number of amides is 2. The van der Waals surface area contributed by atoms with Gasteiger partial charge in [0.1, 0.15) is 12.6 Å². The molecule has 33 heavy (non-hydrogen) atoms. The number of hydrogen-bond donors (Lipinski definition) is 3. The first kappa shape index (κ1) is 22.8. The fraction of sp³-hybridized carbons (Fsp3) is 0.423. The van der Waals surface area contributed by atoms with Crippen molar-refractivity contribution in [2.75, 3.05) is 6.61 Å². The number of carbonyl (C=O) groups excluding carboxylic acids is 2. The van der Waals surface area contributed by atoms with Gasteiger partial charge in [0.15, 0.2) is 0 Å². The molecule has 2 aromatic carbocycles. The number of alkyl carbamates (subject to hydrolysis) is 1. The lowest BCUT2D eigenvalue weighted by Gasteiger charge is -2.34. The molecular formula is C26H30N2O5. The fourth-order valence-electron chi connectivity index (χ4n) is 4.78. The lowest BCUT2D eigenvalue weighted by Crippen LogP contribution is -2.52. The fourth-order valence-corrected chi connectivity index (χ4v) is 4.78. The maximum atomic E-state index is 12.8. The molecule has 174 valence electrons. The molecule has 0 spiro atoms. The van der Waals surface area contributed by atoms with Crippen LogP contribution in [0.15, 0.2) is 48.5 Å². The lowest BCUT2D eigenvalue weighted by molar-refractivity contribution is -0.138. The van der Waals surface area contributed by atoms with Gasteiger partial charge in [0.05, 0.1) is 6.42 Å². The maximum Gasteiger partial charge on any atom is 0.407 e. The molecule has 3 N–H and O–H groups in total. The van der Waals surface area contributed by atoms with E-state index in [0.29, 0.717) is 6.42 Å². The highest BCUT2D eigenvalue weighted by molar-refractivity contribution is 5.86. The number of carbonyl (C=O) groups is 3. The van der Waals surface area contributed by atoms with Crippen LogP contribution in [0.25, 0.3) is 11.1 Å². The van der Waals surface area contributed by atoms with Crippen molar-refractivity contribution < 1.29 is 24.2 Å². The molecule has 0 aliphatic heterocycles. The molecule has 2 aromatic rings. The summed E-state index contributed by atoms with van der Waals surface area (Å²) in [6.07, 6.45) is 2.48. The van der Waals surface area contributed by atoms with E-state index >= 15 is 0 Å². The van der Waals surface area contributed by atoms with Crippen LogP contribution in [0.2, 0.25) is 0 Å². The molecule has 0 radical (unpaired) electrons. The zero-order valence-electron chi connectivity index (χ0n) is 18.8. The second-order valence-electron chi connectivity index (χ2n) is 8.83. The summed E-state index contributed by atoms with van der Waals surface area (Å²) in [6.45, 7) is 1.96. The van der Waals surface area contributed by atoms with Crippen molar-refractivity contribution in [3.63, 3.8) is 0 Å². The van der Waals surface area contributed by atoms with Crippen LogP contribution in [0.3, 0.4) is 0 Å². The predicted molar refractivity (Wildman–Crippen MR) is 124 cm³/mol. The van der Waals surface area contributed by atoms with Crippen LogP contribution >= 0.6 is 0 Å². The zero-order chi connectivity index (χ0) is 23.4. The number of carboxylic acid groups (broad SMARTS) is 1. The van der Waals surface area contributed by atoms with Crippen LogP contribution in [0.1, 0.15) is 56.1 Å². The summed E-state index contributed by atoms with van der Waals surface area (Å²) in [5, 5.41) is 14.7. The summed E-state index contributed by atoms with van der Waals surface area (Å²) in [7, 11) is 0. The SMILES string of the molecule is CC[C@@H](NC(=O)OCC1c2ccccc2-c2ccccc21)C(=O)NC(CC(=O)O)C1CCC1. The average molecular weight is 451 g/mol. The molecule has 7 heteroatoms. The monoisotopic (exact) mass is 450 g/mol. The molecule has 1 unspecified atom stereocenters. The standard InChI is InChI=1S/C26H30N2O5/c1-2-22(25(31)27-23(14-24(29)30)16-8-7-9-16)28-26(32)33-15-21-19-12-5-3-10-17(19)18-11-4-6-13-20(18)21/h3-6,10-13,16,21-23H,2,7-9,14-15H2,1H3,(H,27,31)(H,28,32)(H,29,30)/t22-,23?/m1/s1. The van der Waals surface area contributed by atoms with Crippen molar-refractivity contribution in [1.82, 2.24) is 10.6 Å². The van der Waals surface area contributed by atoms with E-state index in [1.54, 1.807) is 6.92 Å². The van der Waals surface area contributed by atoms with E-state index in [4.69, 9.17) is 4.74 Å². The minimum atomic E-state index is -0.940. The van der Waals surface area contributed by atoms with Gasteiger partial charge in [-0.15, -0.1) is 0 Å². The van der Waals surface area contributed by atoms with Gasteiger partial charge in [0.2, 0.25) is 5.91 Å². The number of ether oxygens (including phenoxy) is 1. The molecule has 4 rings (SSSR count). The van der Waals surface area contributed by atoms with Crippen molar-refractivity contribution in [1.29, 1.82) is 0 Å². The Balaban J connectivity index is 1.36. The highest BCUT2D eigenvalue weighted by Gasteiger charge is 2.33. The first-order chi connectivity index (χ1) is 16.0. The van der Waals surface area contributed by atoms with Gasteiger partial charge in [-0.2, -0.15) is 0 Å². The Hall–Kier alpha value is -3.35. The highest BCUT2D eigenvalue weighted by atomic mass is 16.5. The highest BCUT2D eigenvalue weighted by Crippen LogP contribution is 2.44. The van der Waals surface area contributed by atoms with Crippen molar-refractivity contribution in [3.8, 4) is 11.1 Å². The van der Waals surface area contributed by atoms with E-state index in [1.165, 1.54) is 0 Å². The van der Waals surface area contributed by atoms with Gasteiger partial charge in [-0.3, -0.25) is 9.59 Å². The number of nitrogens with one attached hydrogen (secondary N) is 2. The molecule has 2 aliphatic rings. The normalized spacial score (nSPS) is 16.6. The zero-order valence-corrected chi connectivity index (χ0v) is 18.8. The molecule has 2 amide bonds. The average Bonchev–Trinajstić information content (AvgIpc) is 3.08. The van der Waals surface area contributed by atoms with Gasteiger partial charge in [0, 0.05) is 12.0 Å². The third-order valence-corrected chi connectivity index (χ3v) is 6.80. The molecule has 0 saturated heterocycles. The summed E-state index contributed by atoms with van der Waals surface area (Å²) in [5.74, 6) is -1.19. The van der Waals surface area contributed by atoms with Gasteiger partial charge < -0.3 is 20.5 Å². The maximum absolute atomic E-state index is 12.8. The number of carboxylic acids is 1. The van der Waals surface area contributed by atoms with Crippen molar-refractivity contribution in [3.05, 3.63) is 59.7 Å². The molecule has 0 aromatic heterocycles. The first-order valence-electron chi connectivity index (χ1n) is 11.6. The Morgan fingerprint density at radius 3 is 2.12 bits per heavy atom. The molecule has 2 aliphatic carbocycles. The van der Waals surface area contributed by atoms with Gasteiger partial charge in [-0.25, -0.2) is 4.79 Å². The summed E-state index contributed by atoms with van der Waals surface area (Å²) < 4.78 is 5.55. The van der Waals surface area contributed by atoms with Crippen molar-refractivity contribution in [2.24, 2.45) is 5.92 Å². The van der Waals surface area contributed by atoms with E-state index in [2.05, 4.69) is 22.8 Å². The topological polar surface area (TPSA) is 105 Å². The minimum absolute atomic E-state index is 0.0596. The largest absolute Gasteiger partial charge is 0.481 e. The van der Waals surface area contributed by atoms with Gasteiger partial charge >= 0.3 is 12.1 Å². The molecular weight excluding hydrogens is 420 g/mol. The lowest BCUT2D eigenvalue weighted by atomic mass is 9.78. The minimum Gasteiger partial charge on any atom is -0.481 e. The number of rotatable bonds is 9. The van der Waals surface area contributed by atoms with Gasteiger partial charge in [0.25, 0.3) is 0 Å². The summed E-state index contributed by atoms with van der Waals surface area (Å²) >= 11 is 0. The van der Waals surface area contributed by atoms with E-state index in [1.807, 2.05) is 36.4 Å². The second kappa shape index (κ2) is 10.1. The van der Waals surface area contributed by atoms with Crippen molar-refractivity contribution in [2.45, 2.75) is 57.0 Å². The Kier molecular flexibility index (Phi) is 6.96. The summed E-state index contributed by atoms with van der Waals surface area (Å²) in [4.78, 5) is 36.5. The number of hydrogen-bond acceptors (Lipinski definition) is 4. The van der Waals surface area contributed by atoms with E-state index in [9.17, 15) is 19.5 Å². The molecule has 1 saturated carbocycles. The molecule has 0 heterocycles. The second-order valence-corrected chi connectivity index (χ2v) is 8.83. The van der Waals surface area contributed by atoms with Gasteiger partial charge in [-0.1, -0.05) is 61.9 Å². The van der Waals surface area contributed by atoms with Crippen LogP contribution in [0.5, 0.6) is 0 Å². The number of fused-ring (bicyclic) bond motifs is 3. The first-order valence-corrected chi connectivity index (χ1v) is 11.6. The third kappa shape index (κ3) is 5.02. The van der Waals surface area contributed by atoms with Crippen molar-refractivity contribution >= 4 is 18.0 Å². The van der Waals surface area contributed by atoms with Crippen LogP contribution in [0, 0.1) is 5.92 Å². The smallest absolute Gasteiger partial charge is 0.407 e. The summed E-state index contributed by atoms with van der Waals surface area (Å²) in [6, 6.07) is 15.0. The van der Waals surface area contributed by atoms with E-state index in [-0.39, 0.29) is 30.8 Å². The number of benzene rings is 2. The van der Waals surface area contributed by atoms with Crippen LogP contribution in [-0.4, -0.2) is 41.8 Å². The summed E-state index contributed by atoms with van der Waals surface area (Å²) in [5.41, 5.74) is 4.53. The van der Waals surface area contributed by atoms with Crippen LogP contribution in [0.4, 0.5) is 4.79 Å². The van der Waals surface area contributed by atoms with Crippen LogP contribution in [-0.2, 0) is 14.3 Å². The Labute approximate surface area is 193 Å². The molecule has 2 atom stereocenters. The van der Waals surface area contributed by atoms with E-state index in [0.717, 1.165) is 41.5 Å². The third-order valence-electron chi connectivity index (χ3n) is 6.80.